The molecule has 2 aromatic rings. The number of hydrogen-bond acceptors (Lipinski definition) is 4. The molecule has 6 heteroatoms. The van der Waals surface area contributed by atoms with Gasteiger partial charge in [-0.2, -0.15) is 0 Å². The van der Waals surface area contributed by atoms with Crippen molar-refractivity contribution in [3.05, 3.63) is 58.9 Å². The van der Waals surface area contributed by atoms with Crippen LogP contribution in [0, 0.1) is 5.82 Å². The third-order valence-corrected chi connectivity index (χ3v) is 2.99. The third-order valence-electron chi connectivity index (χ3n) is 2.64. The predicted octanol–water partition coefficient (Wildman–Crippen LogP) is 3.30. The van der Waals surface area contributed by atoms with Crippen LogP contribution in [0.5, 0.6) is 5.75 Å². The molecule has 0 bridgehead atoms. The molecule has 0 atom stereocenters. The maximum Gasteiger partial charge on any atom is 0.338 e. The summed E-state index contributed by atoms with van der Waals surface area (Å²) in [6.45, 7) is 0.0471. The minimum atomic E-state index is -0.546. The highest BCUT2D eigenvalue weighted by Crippen LogP contribution is 2.20. The fraction of sp³-hybridized carbons (Fsp3) is 0.133. The summed E-state index contributed by atoms with van der Waals surface area (Å²) in [5, 5.41) is 0.370. The van der Waals surface area contributed by atoms with E-state index in [2.05, 4.69) is 0 Å². The first-order chi connectivity index (χ1) is 10.1. The second-order valence-corrected chi connectivity index (χ2v) is 4.56. The second kappa shape index (κ2) is 6.95. The van der Waals surface area contributed by atoms with Crippen LogP contribution in [-0.2, 0) is 4.74 Å². The van der Waals surface area contributed by atoms with Crippen molar-refractivity contribution in [3.8, 4) is 5.75 Å². The molecule has 110 valence electrons. The average Bonchev–Trinajstić information content (AvgIpc) is 2.48. The Morgan fingerprint density at radius 3 is 2.67 bits per heavy atom. The average molecular weight is 310 g/mol. The highest BCUT2D eigenvalue weighted by Gasteiger charge is 2.09. The number of carbonyl (C=O) groups is 1. The molecular formula is C15H13ClFNO3. The standard InChI is InChI=1S/C15H13ClFNO3/c16-11-6-5-10(9-13(11)18)15(19)21-8-7-20-14-4-2-1-3-12(14)17/h1-6,9H,7-8,18H2. The van der Waals surface area contributed by atoms with Gasteiger partial charge in [-0.25, -0.2) is 9.18 Å². The molecule has 0 spiro atoms. The van der Waals surface area contributed by atoms with E-state index in [4.69, 9.17) is 26.8 Å². The van der Waals surface area contributed by atoms with Crippen LogP contribution >= 0.6 is 11.6 Å². The molecule has 4 nitrogen and oxygen atoms in total. The molecule has 0 saturated heterocycles. The zero-order chi connectivity index (χ0) is 15.2. The van der Waals surface area contributed by atoms with Crippen LogP contribution < -0.4 is 10.5 Å². The molecule has 21 heavy (non-hydrogen) atoms. The van der Waals surface area contributed by atoms with Gasteiger partial charge in [-0.15, -0.1) is 0 Å². The van der Waals surface area contributed by atoms with E-state index in [1.807, 2.05) is 0 Å². The Labute approximate surface area is 126 Å². The molecule has 2 rings (SSSR count). The first-order valence-corrected chi connectivity index (χ1v) is 6.55. The highest BCUT2D eigenvalue weighted by molar-refractivity contribution is 6.33. The molecular weight excluding hydrogens is 297 g/mol. The van der Waals surface area contributed by atoms with Gasteiger partial charge >= 0.3 is 5.97 Å². The summed E-state index contributed by atoms with van der Waals surface area (Å²) in [6, 6.07) is 10.5. The van der Waals surface area contributed by atoms with Gasteiger partial charge in [0.2, 0.25) is 0 Å². The summed E-state index contributed by atoms with van der Waals surface area (Å²) in [7, 11) is 0. The smallest absolute Gasteiger partial charge is 0.338 e. The molecule has 0 radical (unpaired) electrons. The topological polar surface area (TPSA) is 61.6 Å². The molecule has 0 aromatic heterocycles. The van der Waals surface area contributed by atoms with Crippen LogP contribution in [0.1, 0.15) is 10.4 Å². The number of nitrogens with two attached hydrogens (primary N) is 1. The Hall–Kier alpha value is -2.27. The summed E-state index contributed by atoms with van der Waals surface area (Å²) in [4.78, 5) is 11.7. The quantitative estimate of drug-likeness (QED) is 0.523. The first kappa shape index (κ1) is 15.1. The van der Waals surface area contributed by atoms with E-state index >= 15 is 0 Å². The molecule has 0 heterocycles. The fourth-order valence-corrected chi connectivity index (χ4v) is 1.72. The van der Waals surface area contributed by atoms with Crippen molar-refractivity contribution in [2.75, 3.05) is 18.9 Å². The molecule has 0 fully saturated rings. The van der Waals surface area contributed by atoms with E-state index in [0.717, 1.165) is 0 Å². The van der Waals surface area contributed by atoms with Gasteiger partial charge in [0.15, 0.2) is 11.6 Å². The van der Waals surface area contributed by atoms with Crippen LogP contribution in [0.4, 0.5) is 10.1 Å². The van der Waals surface area contributed by atoms with E-state index in [9.17, 15) is 9.18 Å². The monoisotopic (exact) mass is 309 g/mol. The van der Waals surface area contributed by atoms with Gasteiger partial charge in [-0.05, 0) is 30.3 Å². The van der Waals surface area contributed by atoms with E-state index in [0.29, 0.717) is 16.3 Å². The lowest BCUT2D eigenvalue weighted by Crippen LogP contribution is -2.13. The summed E-state index contributed by atoms with van der Waals surface area (Å²) in [5.74, 6) is -0.894. The van der Waals surface area contributed by atoms with Gasteiger partial charge in [0.1, 0.15) is 13.2 Å². The first-order valence-electron chi connectivity index (χ1n) is 6.17. The van der Waals surface area contributed by atoms with Crippen LogP contribution in [0.3, 0.4) is 0 Å². The molecule has 0 aliphatic carbocycles. The zero-order valence-electron chi connectivity index (χ0n) is 11.0. The van der Waals surface area contributed by atoms with Crippen molar-refractivity contribution in [1.82, 2.24) is 0 Å². The Morgan fingerprint density at radius 1 is 1.19 bits per heavy atom. The molecule has 0 saturated carbocycles. The predicted molar refractivity (Wildman–Crippen MR) is 78.0 cm³/mol. The number of esters is 1. The van der Waals surface area contributed by atoms with Crippen molar-refractivity contribution in [1.29, 1.82) is 0 Å². The van der Waals surface area contributed by atoms with Gasteiger partial charge in [0.25, 0.3) is 0 Å². The Kier molecular flexibility index (Phi) is 5.00. The van der Waals surface area contributed by atoms with Crippen molar-refractivity contribution in [2.45, 2.75) is 0 Å². The van der Waals surface area contributed by atoms with Gasteiger partial charge in [-0.3, -0.25) is 0 Å². The lowest BCUT2D eigenvalue weighted by molar-refractivity contribution is 0.0448. The minimum absolute atomic E-state index is 0.00427. The van der Waals surface area contributed by atoms with E-state index in [1.54, 1.807) is 12.1 Å². The Balaban J connectivity index is 1.82. The van der Waals surface area contributed by atoms with Gasteiger partial charge in [0.05, 0.1) is 16.3 Å². The Bertz CT molecular complexity index is 649. The molecule has 0 aliphatic heterocycles. The summed E-state index contributed by atoms with van der Waals surface area (Å²) >= 11 is 5.76. The number of hydrogen-bond donors (Lipinski definition) is 1. The largest absolute Gasteiger partial charge is 0.487 e. The van der Waals surface area contributed by atoms with Gasteiger partial charge < -0.3 is 15.2 Å². The summed E-state index contributed by atoms with van der Waals surface area (Å²) < 4.78 is 23.4. The van der Waals surface area contributed by atoms with Gasteiger partial charge in [-0.1, -0.05) is 23.7 Å². The van der Waals surface area contributed by atoms with Crippen LogP contribution in [-0.4, -0.2) is 19.2 Å². The van der Waals surface area contributed by atoms with E-state index in [-0.39, 0.29) is 19.0 Å². The highest BCUT2D eigenvalue weighted by atomic mass is 35.5. The SMILES string of the molecule is Nc1cc(C(=O)OCCOc2ccccc2F)ccc1Cl. The molecule has 0 amide bonds. The molecule has 0 aliphatic rings. The number of halogens is 2. The van der Waals surface area contributed by atoms with E-state index < -0.39 is 11.8 Å². The number of carbonyl (C=O) groups excluding carboxylic acids is 1. The van der Waals surface area contributed by atoms with Crippen molar-refractivity contribution in [3.63, 3.8) is 0 Å². The number of rotatable bonds is 5. The van der Waals surface area contributed by atoms with Crippen molar-refractivity contribution >= 4 is 23.3 Å². The van der Waals surface area contributed by atoms with Crippen LogP contribution in [0.25, 0.3) is 0 Å². The van der Waals surface area contributed by atoms with Crippen molar-refractivity contribution < 1.29 is 18.7 Å². The molecule has 2 aromatic carbocycles. The Morgan fingerprint density at radius 2 is 1.95 bits per heavy atom. The maximum absolute atomic E-state index is 13.3. The normalized spacial score (nSPS) is 10.2. The number of benzene rings is 2. The third kappa shape index (κ3) is 4.10. The number of ether oxygens (including phenoxy) is 2. The zero-order valence-corrected chi connectivity index (χ0v) is 11.8. The van der Waals surface area contributed by atoms with E-state index in [1.165, 1.54) is 30.3 Å². The lowest BCUT2D eigenvalue weighted by Gasteiger charge is -2.08. The number of para-hydroxylation sites is 1. The summed E-state index contributed by atoms with van der Waals surface area (Å²) in [5.41, 5.74) is 6.19. The number of nitrogen functional groups attached to an aromatic ring is 1. The molecule has 0 unspecified atom stereocenters. The van der Waals surface area contributed by atoms with Crippen LogP contribution in [0.15, 0.2) is 42.5 Å². The van der Waals surface area contributed by atoms with Crippen molar-refractivity contribution in [2.24, 2.45) is 0 Å². The minimum Gasteiger partial charge on any atom is -0.487 e. The second-order valence-electron chi connectivity index (χ2n) is 4.15. The van der Waals surface area contributed by atoms with Gasteiger partial charge in [0, 0.05) is 0 Å². The number of anilines is 1. The fourth-order valence-electron chi connectivity index (χ4n) is 1.60. The maximum atomic E-state index is 13.3. The molecule has 2 N–H and O–H groups in total. The summed E-state index contributed by atoms with van der Waals surface area (Å²) in [6.07, 6.45) is 0. The lowest BCUT2D eigenvalue weighted by atomic mass is 10.2. The van der Waals surface area contributed by atoms with Crippen LogP contribution in [0.2, 0.25) is 5.02 Å².